The molecule has 0 unspecified atom stereocenters. The van der Waals surface area contributed by atoms with Gasteiger partial charge in [0.05, 0.1) is 10.6 Å². The number of para-hydroxylation sites is 1. The van der Waals surface area contributed by atoms with Gasteiger partial charge in [0.25, 0.3) is 5.91 Å². The number of hydrogen-bond acceptors (Lipinski definition) is 3. The highest BCUT2D eigenvalue weighted by molar-refractivity contribution is 8.04. The molecule has 0 bridgehead atoms. The molecule has 31 heavy (non-hydrogen) atoms. The van der Waals surface area contributed by atoms with E-state index in [1.54, 1.807) is 6.07 Å². The average molecular weight is 449 g/mol. The van der Waals surface area contributed by atoms with E-state index in [4.69, 9.17) is 11.6 Å². The first-order valence-electron chi connectivity index (χ1n) is 9.88. The number of aryl methyl sites for hydroxylation is 1. The number of fused-ring (bicyclic) bond motifs is 1. The normalized spacial score (nSPS) is 14.5. The number of amides is 2. The maximum atomic E-state index is 13.3. The Morgan fingerprint density at radius 3 is 2.52 bits per heavy atom. The molecule has 4 nitrogen and oxygen atoms in total. The molecule has 3 aromatic rings. The van der Waals surface area contributed by atoms with Crippen LogP contribution in [0.3, 0.4) is 0 Å². The standard InChI is InChI=1S/C25H21ClN2O2S/c1-17-10-12-18(13-11-17)14-23-25(30)28(21-8-4-5-9-22(21)31-23)16-24(29)27-15-19-6-2-3-7-20(19)26/h2-14H,15-16H2,1H3,(H,27,29). The van der Waals surface area contributed by atoms with Crippen molar-refractivity contribution in [2.75, 3.05) is 11.4 Å². The molecule has 0 saturated carbocycles. The van der Waals surface area contributed by atoms with Crippen LogP contribution < -0.4 is 10.2 Å². The smallest absolute Gasteiger partial charge is 0.265 e. The van der Waals surface area contributed by atoms with Crippen molar-refractivity contribution in [1.82, 2.24) is 5.32 Å². The molecule has 0 aliphatic carbocycles. The number of thioether (sulfide) groups is 1. The minimum atomic E-state index is -0.246. The fourth-order valence-corrected chi connectivity index (χ4v) is 4.53. The van der Waals surface area contributed by atoms with E-state index in [2.05, 4.69) is 5.32 Å². The number of nitrogens with zero attached hydrogens (tertiary/aromatic N) is 1. The Balaban J connectivity index is 1.55. The molecule has 156 valence electrons. The summed E-state index contributed by atoms with van der Waals surface area (Å²) in [4.78, 5) is 29.0. The van der Waals surface area contributed by atoms with Gasteiger partial charge in [-0.05, 0) is 42.3 Å². The van der Waals surface area contributed by atoms with Crippen LogP contribution in [0.1, 0.15) is 16.7 Å². The van der Waals surface area contributed by atoms with E-state index < -0.39 is 0 Å². The third kappa shape index (κ3) is 5.01. The molecular weight excluding hydrogens is 428 g/mol. The number of anilines is 1. The largest absolute Gasteiger partial charge is 0.350 e. The van der Waals surface area contributed by atoms with E-state index in [-0.39, 0.29) is 18.4 Å². The van der Waals surface area contributed by atoms with E-state index in [0.29, 0.717) is 16.5 Å². The van der Waals surface area contributed by atoms with Crippen molar-refractivity contribution in [2.24, 2.45) is 0 Å². The monoisotopic (exact) mass is 448 g/mol. The first kappa shape index (κ1) is 21.2. The predicted molar refractivity (Wildman–Crippen MR) is 127 cm³/mol. The molecule has 0 fully saturated rings. The van der Waals surface area contributed by atoms with Gasteiger partial charge in [-0.2, -0.15) is 0 Å². The second kappa shape index (κ2) is 9.41. The molecule has 0 spiro atoms. The Bertz CT molecular complexity index is 1160. The maximum absolute atomic E-state index is 13.3. The summed E-state index contributed by atoms with van der Waals surface area (Å²) in [6.45, 7) is 2.27. The Morgan fingerprint density at radius 2 is 1.74 bits per heavy atom. The third-order valence-electron chi connectivity index (χ3n) is 4.94. The number of benzene rings is 3. The average Bonchev–Trinajstić information content (AvgIpc) is 2.77. The van der Waals surface area contributed by atoms with Crippen molar-refractivity contribution >= 4 is 46.9 Å². The van der Waals surface area contributed by atoms with Gasteiger partial charge in [-0.3, -0.25) is 14.5 Å². The highest BCUT2D eigenvalue weighted by Gasteiger charge is 2.30. The van der Waals surface area contributed by atoms with Crippen LogP contribution in [0, 0.1) is 6.92 Å². The van der Waals surface area contributed by atoms with Gasteiger partial charge in [0.2, 0.25) is 5.91 Å². The van der Waals surface area contributed by atoms with Crippen molar-refractivity contribution < 1.29 is 9.59 Å². The number of nitrogens with one attached hydrogen (secondary N) is 1. The molecule has 6 heteroatoms. The highest BCUT2D eigenvalue weighted by Crippen LogP contribution is 2.41. The highest BCUT2D eigenvalue weighted by atomic mass is 35.5. The van der Waals surface area contributed by atoms with Crippen LogP contribution in [0.25, 0.3) is 6.08 Å². The van der Waals surface area contributed by atoms with E-state index in [1.807, 2.05) is 79.7 Å². The zero-order chi connectivity index (χ0) is 21.8. The van der Waals surface area contributed by atoms with Crippen molar-refractivity contribution in [2.45, 2.75) is 18.4 Å². The van der Waals surface area contributed by atoms with Crippen LogP contribution in [0.2, 0.25) is 5.02 Å². The van der Waals surface area contributed by atoms with E-state index in [1.165, 1.54) is 16.7 Å². The van der Waals surface area contributed by atoms with E-state index >= 15 is 0 Å². The lowest BCUT2D eigenvalue weighted by Gasteiger charge is -2.29. The quantitative estimate of drug-likeness (QED) is 0.528. The summed E-state index contributed by atoms with van der Waals surface area (Å²) in [6, 6.07) is 23.0. The zero-order valence-corrected chi connectivity index (χ0v) is 18.5. The summed E-state index contributed by atoms with van der Waals surface area (Å²) >= 11 is 7.60. The van der Waals surface area contributed by atoms with Gasteiger partial charge in [0, 0.05) is 16.5 Å². The summed E-state index contributed by atoms with van der Waals surface area (Å²) in [5.74, 6) is -0.429. The van der Waals surface area contributed by atoms with Gasteiger partial charge >= 0.3 is 0 Å². The molecular formula is C25H21ClN2O2S. The fourth-order valence-electron chi connectivity index (χ4n) is 3.27. The van der Waals surface area contributed by atoms with Crippen LogP contribution in [0.15, 0.2) is 82.6 Å². The van der Waals surface area contributed by atoms with Gasteiger partial charge in [-0.1, -0.05) is 83.5 Å². The predicted octanol–water partition coefficient (Wildman–Crippen LogP) is 5.44. The number of carbonyl (C=O) groups is 2. The Labute approximate surface area is 190 Å². The molecule has 0 saturated heterocycles. The first-order valence-corrected chi connectivity index (χ1v) is 11.1. The van der Waals surface area contributed by atoms with Gasteiger partial charge in [0.15, 0.2) is 0 Å². The zero-order valence-electron chi connectivity index (χ0n) is 17.0. The van der Waals surface area contributed by atoms with Crippen molar-refractivity contribution in [3.05, 3.63) is 99.4 Å². The Kier molecular flexibility index (Phi) is 6.44. The minimum absolute atomic E-state index is 0.0634. The molecule has 1 aliphatic rings. The molecule has 2 amide bonds. The first-order chi connectivity index (χ1) is 15.0. The van der Waals surface area contributed by atoms with Crippen molar-refractivity contribution in [1.29, 1.82) is 0 Å². The van der Waals surface area contributed by atoms with Crippen LogP contribution in [0.4, 0.5) is 5.69 Å². The summed E-state index contributed by atoms with van der Waals surface area (Å²) in [6.07, 6.45) is 1.87. The lowest BCUT2D eigenvalue weighted by atomic mass is 10.1. The molecule has 1 heterocycles. The lowest BCUT2D eigenvalue weighted by Crippen LogP contribution is -2.42. The summed E-state index contributed by atoms with van der Waals surface area (Å²) in [5.41, 5.74) is 3.68. The topological polar surface area (TPSA) is 49.4 Å². The molecule has 1 N–H and O–H groups in total. The van der Waals surface area contributed by atoms with Gasteiger partial charge in [-0.15, -0.1) is 0 Å². The van der Waals surface area contributed by atoms with Crippen LogP contribution in [0.5, 0.6) is 0 Å². The summed E-state index contributed by atoms with van der Waals surface area (Å²) < 4.78 is 0. The minimum Gasteiger partial charge on any atom is -0.350 e. The molecule has 0 radical (unpaired) electrons. The fraction of sp³-hybridized carbons (Fsp3) is 0.120. The second-order valence-corrected chi connectivity index (χ2v) is 8.74. The third-order valence-corrected chi connectivity index (χ3v) is 6.39. The molecule has 3 aromatic carbocycles. The number of halogens is 1. The van der Waals surface area contributed by atoms with E-state index in [9.17, 15) is 9.59 Å². The van der Waals surface area contributed by atoms with Gasteiger partial charge < -0.3 is 5.32 Å². The number of rotatable bonds is 5. The van der Waals surface area contributed by atoms with Crippen molar-refractivity contribution in [3.63, 3.8) is 0 Å². The Hall–Kier alpha value is -3.02. The van der Waals surface area contributed by atoms with Gasteiger partial charge in [-0.25, -0.2) is 0 Å². The molecule has 4 rings (SSSR count). The SMILES string of the molecule is Cc1ccc(C=C2Sc3ccccc3N(CC(=O)NCc3ccccc3Cl)C2=O)cc1. The molecule has 0 atom stereocenters. The summed E-state index contributed by atoms with van der Waals surface area (Å²) in [5, 5.41) is 3.46. The number of carbonyl (C=O) groups excluding carboxylic acids is 2. The lowest BCUT2D eigenvalue weighted by molar-refractivity contribution is -0.122. The maximum Gasteiger partial charge on any atom is 0.265 e. The van der Waals surface area contributed by atoms with Crippen LogP contribution in [-0.4, -0.2) is 18.4 Å². The van der Waals surface area contributed by atoms with Gasteiger partial charge in [0.1, 0.15) is 6.54 Å². The second-order valence-electron chi connectivity index (χ2n) is 7.25. The number of hydrogen-bond donors (Lipinski definition) is 1. The van der Waals surface area contributed by atoms with Crippen LogP contribution >= 0.6 is 23.4 Å². The summed E-state index contributed by atoms with van der Waals surface area (Å²) in [7, 11) is 0. The van der Waals surface area contributed by atoms with Crippen LogP contribution in [-0.2, 0) is 16.1 Å². The Morgan fingerprint density at radius 1 is 1.03 bits per heavy atom. The van der Waals surface area contributed by atoms with Crippen molar-refractivity contribution in [3.8, 4) is 0 Å². The molecule has 1 aliphatic heterocycles. The van der Waals surface area contributed by atoms with E-state index in [0.717, 1.165) is 27.3 Å². The molecule has 0 aromatic heterocycles.